The summed E-state index contributed by atoms with van der Waals surface area (Å²) in [6, 6.07) is 0. The highest BCUT2D eigenvalue weighted by Gasteiger charge is 2.51. The topological polar surface area (TPSA) is 210 Å². The Kier molecular flexibility index (Phi) is 30.2. The summed E-state index contributed by atoms with van der Waals surface area (Å²) >= 11 is 0. The van der Waals surface area contributed by atoms with E-state index >= 15 is 0 Å². The van der Waals surface area contributed by atoms with Crippen LogP contribution in [0.2, 0.25) is 0 Å². The Balaban J connectivity index is 2.46. The van der Waals surface area contributed by atoms with E-state index in [2.05, 4.69) is 38.2 Å². The molecule has 0 aliphatic heterocycles. The van der Waals surface area contributed by atoms with E-state index in [0.717, 1.165) is 70.6 Å². The second-order valence-electron chi connectivity index (χ2n) is 14.8. The molecule has 1 aliphatic rings. The number of unbranched alkanes of at least 4 members (excludes halogenated alkanes) is 18. The molecule has 14 heteroatoms. The van der Waals surface area contributed by atoms with Crippen LogP contribution in [-0.4, -0.2) is 98.3 Å². The number of phosphoric acid groups is 1. The van der Waals surface area contributed by atoms with E-state index in [-0.39, 0.29) is 12.8 Å². The van der Waals surface area contributed by atoms with Crippen LogP contribution in [0.3, 0.4) is 0 Å². The van der Waals surface area contributed by atoms with Crippen LogP contribution in [0.5, 0.6) is 0 Å². The predicted octanol–water partition coefficient (Wildman–Crippen LogP) is 7.28. The number of carbonyl (C=O) groups is 2. The van der Waals surface area contributed by atoms with Crippen molar-refractivity contribution in [2.75, 3.05) is 13.2 Å². The summed E-state index contributed by atoms with van der Waals surface area (Å²) in [5.41, 5.74) is 0. The minimum Gasteiger partial charge on any atom is -0.462 e. The zero-order valence-corrected chi connectivity index (χ0v) is 34.6. The second kappa shape index (κ2) is 32.3. The van der Waals surface area contributed by atoms with Crippen LogP contribution >= 0.6 is 7.82 Å². The molecule has 6 unspecified atom stereocenters. The number of hydrogen-bond acceptors (Lipinski definition) is 12. The number of esters is 2. The Labute approximate surface area is 330 Å². The van der Waals surface area contributed by atoms with Crippen LogP contribution < -0.4 is 0 Å². The first-order chi connectivity index (χ1) is 26.4. The van der Waals surface area contributed by atoms with E-state index in [1.165, 1.54) is 57.8 Å². The van der Waals surface area contributed by atoms with Crippen molar-refractivity contribution in [3.63, 3.8) is 0 Å². The zero-order chi connectivity index (χ0) is 40.7. The summed E-state index contributed by atoms with van der Waals surface area (Å²) in [4.78, 5) is 35.5. The molecule has 0 saturated heterocycles. The van der Waals surface area contributed by atoms with Gasteiger partial charge in [-0.1, -0.05) is 134 Å². The maximum Gasteiger partial charge on any atom is 0.472 e. The minimum absolute atomic E-state index is 0.0969. The van der Waals surface area contributed by atoms with E-state index in [9.17, 15) is 44.6 Å². The van der Waals surface area contributed by atoms with Gasteiger partial charge in [-0.15, -0.1) is 0 Å². The molecule has 0 spiro atoms. The fourth-order valence-corrected chi connectivity index (χ4v) is 7.29. The van der Waals surface area contributed by atoms with Crippen LogP contribution in [0.1, 0.15) is 168 Å². The van der Waals surface area contributed by atoms with Gasteiger partial charge in [0.1, 0.15) is 43.2 Å². The lowest BCUT2D eigenvalue weighted by molar-refractivity contribution is -0.220. The van der Waals surface area contributed by atoms with E-state index < -0.39 is 75.7 Å². The fraction of sp³-hybridized carbons (Fsp3) is 0.854. The number of aliphatic hydroxyl groups excluding tert-OH is 5. The number of phosphoric ester groups is 1. The van der Waals surface area contributed by atoms with Gasteiger partial charge in [0.15, 0.2) is 6.10 Å². The summed E-state index contributed by atoms with van der Waals surface area (Å²) in [5, 5.41) is 50.0. The van der Waals surface area contributed by atoms with E-state index in [0.29, 0.717) is 12.8 Å². The molecule has 8 atom stereocenters. The van der Waals surface area contributed by atoms with Gasteiger partial charge >= 0.3 is 19.8 Å². The van der Waals surface area contributed by atoms with Crippen molar-refractivity contribution < 1.29 is 63.1 Å². The first-order valence-electron chi connectivity index (χ1n) is 21.1. The summed E-state index contributed by atoms with van der Waals surface area (Å²) in [5.74, 6) is -1.11. The maximum atomic E-state index is 12.7. The Morgan fingerprint density at radius 2 is 0.982 bits per heavy atom. The van der Waals surface area contributed by atoms with Crippen molar-refractivity contribution in [1.82, 2.24) is 0 Å². The molecule has 55 heavy (non-hydrogen) atoms. The predicted molar refractivity (Wildman–Crippen MR) is 212 cm³/mol. The monoisotopic (exact) mass is 806 g/mol. The molecule has 322 valence electrons. The van der Waals surface area contributed by atoms with Crippen LogP contribution in [-0.2, 0) is 32.7 Å². The quantitative estimate of drug-likeness (QED) is 0.0164. The number of hydrogen-bond donors (Lipinski definition) is 6. The first-order valence-corrected chi connectivity index (χ1v) is 22.6. The molecular weight excluding hydrogens is 731 g/mol. The Morgan fingerprint density at radius 1 is 0.564 bits per heavy atom. The Bertz CT molecular complexity index is 1070. The van der Waals surface area contributed by atoms with Gasteiger partial charge in [0.05, 0.1) is 6.61 Å². The summed E-state index contributed by atoms with van der Waals surface area (Å²) in [6.07, 6.45) is 19.7. The first kappa shape index (κ1) is 51.3. The zero-order valence-electron chi connectivity index (χ0n) is 33.7. The number of aliphatic hydroxyl groups is 5. The third kappa shape index (κ3) is 25.3. The number of ether oxygens (including phenoxy) is 2. The average molecular weight is 807 g/mol. The number of carbonyl (C=O) groups excluding carboxylic acids is 2. The summed E-state index contributed by atoms with van der Waals surface area (Å²) in [7, 11) is -5.11. The minimum atomic E-state index is -5.11. The van der Waals surface area contributed by atoms with Crippen molar-refractivity contribution in [3.8, 4) is 0 Å². The van der Waals surface area contributed by atoms with Gasteiger partial charge in [-0.25, -0.2) is 4.57 Å². The van der Waals surface area contributed by atoms with Gasteiger partial charge in [-0.3, -0.25) is 18.6 Å². The largest absolute Gasteiger partial charge is 0.472 e. The molecule has 0 heterocycles. The van der Waals surface area contributed by atoms with Crippen LogP contribution in [0.15, 0.2) is 24.3 Å². The lowest BCUT2D eigenvalue weighted by Crippen LogP contribution is -2.64. The molecule has 0 aromatic carbocycles. The molecule has 1 fully saturated rings. The molecule has 0 amide bonds. The fourth-order valence-electron chi connectivity index (χ4n) is 6.32. The third-order valence-electron chi connectivity index (χ3n) is 9.80. The highest BCUT2D eigenvalue weighted by molar-refractivity contribution is 7.47. The van der Waals surface area contributed by atoms with E-state index in [1.807, 2.05) is 0 Å². The standard InChI is InChI=1S/C41H75O13P/c1-3-5-7-9-11-13-14-15-16-17-18-19-20-22-23-25-27-29-34(42)51-31-33(53-35(43)30-28-26-24-21-12-10-8-6-4-2)32-52-55(49,50)54-41-39(47)37(45)36(44)38(46)40(41)48/h11,13,15-16,33,36-41,44-48H,3-10,12,14,17-32H2,1-2H3,(H,49,50)/b13-11-,16-15-/t33-,36?,37-,38?,39?,40?,41?/m1/s1. The number of rotatable bonds is 34. The van der Waals surface area contributed by atoms with Crippen molar-refractivity contribution in [2.45, 2.75) is 211 Å². The van der Waals surface area contributed by atoms with Gasteiger partial charge in [-0.2, -0.15) is 0 Å². The van der Waals surface area contributed by atoms with E-state index in [4.69, 9.17) is 18.5 Å². The molecule has 1 rings (SSSR count). The highest BCUT2D eigenvalue weighted by Crippen LogP contribution is 2.47. The molecule has 1 saturated carbocycles. The summed E-state index contributed by atoms with van der Waals surface area (Å²) < 4.78 is 33.4. The van der Waals surface area contributed by atoms with Crippen molar-refractivity contribution in [2.24, 2.45) is 0 Å². The van der Waals surface area contributed by atoms with Gasteiger partial charge in [0.25, 0.3) is 0 Å². The van der Waals surface area contributed by atoms with Crippen LogP contribution in [0, 0.1) is 0 Å². The molecule has 1 aliphatic carbocycles. The van der Waals surface area contributed by atoms with Crippen LogP contribution in [0.25, 0.3) is 0 Å². The smallest absolute Gasteiger partial charge is 0.462 e. The lowest BCUT2D eigenvalue weighted by atomic mass is 9.85. The lowest BCUT2D eigenvalue weighted by Gasteiger charge is -2.41. The van der Waals surface area contributed by atoms with E-state index in [1.54, 1.807) is 0 Å². The van der Waals surface area contributed by atoms with Crippen LogP contribution in [0.4, 0.5) is 0 Å². The second-order valence-corrected chi connectivity index (χ2v) is 16.3. The Morgan fingerprint density at radius 3 is 1.51 bits per heavy atom. The number of allylic oxidation sites excluding steroid dienone is 4. The molecule has 0 bridgehead atoms. The maximum absolute atomic E-state index is 12.7. The van der Waals surface area contributed by atoms with Crippen molar-refractivity contribution in [1.29, 1.82) is 0 Å². The molecule has 0 radical (unpaired) electrons. The average Bonchev–Trinajstić information content (AvgIpc) is 3.16. The van der Waals surface area contributed by atoms with Gasteiger partial charge in [0.2, 0.25) is 0 Å². The van der Waals surface area contributed by atoms with Crippen molar-refractivity contribution >= 4 is 19.8 Å². The SMILES string of the molecule is CCCCC/C=C\C/C=C\CCCCCCCCCC(=O)OC[C@H](COP(=O)(O)OC1C(O)C(O)C(O)[C@@H](O)C1O)OC(=O)CCCCCCCCCCC. The van der Waals surface area contributed by atoms with Gasteiger partial charge < -0.3 is 39.9 Å². The highest BCUT2D eigenvalue weighted by atomic mass is 31.2. The molecular formula is C41H75O13P. The molecule has 6 N–H and O–H groups in total. The molecule has 13 nitrogen and oxygen atoms in total. The van der Waals surface area contributed by atoms with Gasteiger partial charge in [-0.05, 0) is 44.9 Å². The molecule has 0 aromatic heterocycles. The van der Waals surface area contributed by atoms with Gasteiger partial charge in [0, 0.05) is 12.8 Å². The third-order valence-corrected chi connectivity index (χ3v) is 10.8. The van der Waals surface area contributed by atoms with Crippen molar-refractivity contribution in [3.05, 3.63) is 24.3 Å². The normalized spacial score (nSPS) is 23.3. The molecule has 0 aromatic rings. The summed E-state index contributed by atoms with van der Waals surface area (Å²) in [6.45, 7) is 3.22. The Hall–Kier alpha value is -1.67.